The molecular weight excluding hydrogens is 440 g/mol. The Hall–Kier alpha value is -1.35. The van der Waals surface area contributed by atoms with E-state index < -0.39 is 19.8 Å². The zero-order valence-corrected chi connectivity index (χ0v) is 22.6. The standard InChI is InChI=1S/C24H42N2O4SSi/c1-23(2,3)32(6,7)30-21(24(4,5)18-27)22(29)26-14-13-20(28)25-15-16-31-17-19-11-9-8-10-12-19/h8-12,21,27H,13-18H2,1-7H3,(H,25,28)(H,26,29)/t21-/m0/s1. The number of rotatable bonds is 13. The highest BCUT2D eigenvalue weighted by atomic mass is 32.2. The maximum Gasteiger partial charge on any atom is 0.248 e. The first-order valence-corrected chi connectivity index (χ1v) is 15.3. The van der Waals surface area contributed by atoms with Gasteiger partial charge < -0.3 is 20.2 Å². The number of hydrogen-bond donors (Lipinski definition) is 3. The fourth-order valence-corrected chi connectivity index (χ4v) is 4.82. The van der Waals surface area contributed by atoms with E-state index in [1.807, 2.05) is 32.0 Å². The van der Waals surface area contributed by atoms with E-state index in [-0.39, 0.29) is 36.4 Å². The third-order valence-electron chi connectivity index (χ3n) is 5.91. The molecule has 1 atom stereocenters. The molecule has 0 bridgehead atoms. The second kappa shape index (κ2) is 12.8. The molecule has 0 saturated heterocycles. The third kappa shape index (κ3) is 9.64. The van der Waals surface area contributed by atoms with Crippen molar-refractivity contribution in [2.24, 2.45) is 5.41 Å². The Morgan fingerprint density at radius 3 is 2.25 bits per heavy atom. The van der Waals surface area contributed by atoms with Crippen LogP contribution in [0.2, 0.25) is 18.1 Å². The van der Waals surface area contributed by atoms with Crippen LogP contribution in [0.3, 0.4) is 0 Å². The molecule has 0 saturated carbocycles. The fourth-order valence-electron chi connectivity index (χ4n) is 2.63. The number of nitrogens with one attached hydrogen (secondary N) is 2. The molecule has 3 N–H and O–H groups in total. The summed E-state index contributed by atoms with van der Waals surface area (Å²) < 4.78 is 6.37. The number of carbonyl (C=O) groups excluding carboxylic acids is 2. The zero-order valence-electron chi connectivity index (χ0n) is 20.8. The highest BCUT2D eigenvalue weighted by Gasteiger charge is 2.45. The number of thioether (sulfide) groups is 1. The van der Waals surface area contributed by atoms with Crippen molar-refractivity contribution >= 4 is 31.9 Å². The summed E-state index contributed by atoms with van der Waals surface area (Å²) in [6, 6.07) is 10.2. The molecule has 0 heterocycles. The monoisotopic (exact) mass is 482 g/mol. The van der Waals surface area contributed by atoms with Crippen molar-refractivity contribution in [3.8, 4) is 0 Å². The molecule has 0 aliphatic carbocycles. The topological polar surface area (TPSA) is 87.7 Å². The first-order valence-electron chi connectivity index (χ1n) is 11.2. The smallest absolute Gasteiger partial charge is 0.248 e. The average Bonchev–Trinajstić information content (AvgIpc) is 2.71. The Labute approximate surface area is 199 Å². The fraction of sp³-hybridized carbons (Fsp3) is 0.667. The second-order valence-corrected chi connectivity index (χ2v) is 16.2. The molecule has 1 rings (SSSR count). The van der Waals surface area contributed by atoms with Crippen LogP contribution in [0.25, 0.3) is 0 Å². The number of carbonyl (C=O) groups is 2. The van der Waals surface area contributed by atoms with Gasteiger partial charge in [-0.05, 0) is 23.7 Å². The molecule has 0 aromatic heterocycles. The van der Waals surface area contributed by atoms with Gasteiger partial charge >= 0.3 is 0 Å². The molecule has 0 unspecified atom stereocenters. The molecule has 32 heavy (non-hydrogen) atoms. The average molecular weight is 483 g/mol. The van der Waals surface area contributed by atoms with Gasteiger partial charge in [0.2, 0.25) is 11.8 Å². The third-order valence-corrected chi connectivity index (χ3v) is 11.4. The van der Waals surface area contributed by atoms with E-state index in [1.165, 1.54) is 5.56 Å². The molecule has 182 valence electrons. The number of amides is 2. The summed E-state index contributed by atoms with van der Waals surface area (Å²) in [4.78, 5) is 25.0. The van der Waals surface area contributed by atoms with Crippen molar-refractivity contribution in [3.05, 3.63) is 35.9 Å². The normalized spacial score (nSPS) is 13.5. The maximum absolute atomic E-state index is 12.9. The summed E-state index contributed by atoms with van der Waals surface area (Å²) >= 11 is 1.77. The number of aliphatic hydroxyl groups excluding tert-OH is 1. The lowest BCUT2D eigenvalue weighted by atomic mass is 9.87. The van der Waals surface area contributed by atoms with E-state index in [1.54, 1.807) is 11.8 Å². The summed E-state index contributed by atoms with van der Waals surface area (Å²) in [6.45, 7) is 14.8. The minimum absolute atomic E-state index is 0.0600. The van der Waals surface area contributed by atoms with Crippen molar-refractivity contribution in [1.82, 2.24) is 10.6 Å². The van der Waals surface area contributed by atoms with Gasteiger partial charge in [0.05, 0.1) is 6.61 Å². The molecule has 1 aromatic carbocycles. The van der Waals surface area contributed by atoms with Crippen molar-refractivity contribution in [1.29, 1.82) is 0 Å². The lowest BCUT2D eigenvalue weighted by Crippen LogP contribution is -2.55. The summed E-state index contributed by atoms with van der Waals surface area (Å²) in [6.07, 6.45) is -0.563. The van der Waals surface area contributed by atoms with E-state index >= 15 is 0 Å². The molecule has 1 aromatic rings. The van der Waals surface area contributed by atoms with Gasteiger partial charge in [-0.15, -0.1) is 0 Å². The Balaban J connectivity index is 2.43. The van der Waals surface area contributed by atoms with E-state index in [9.17, 15) is 14.7 Å². The van der Waals surface area contributed by atoms with Crippen LogP contribution in [-0.4, -0.2) is 56.8 Å². The van der Waals surface area contributed by atoms with Crippen molar-refractivity contribution in [2.45, 2.75) is 71.0 Å². The minimum atomic E-state index is -2.22. The summed E-state index contributed by atoms with van der Waals surface area (Å²) in [5.74, 6) is 1.39. The number of aliphatic hydroxyl groups is 1. The molecular formula is C24H42N2O4SSi. The lowest BCUT2D eigenvalue weighted by molar-refractivity contribution is -0.135. The molecule has 0 radical (unpaired) electrons. The quantitative estimate of drug-likeness (QED) is 0.293. The molecule has 6 nitrogen and oxygen atoms in total. The largest absolute Gasteiger partial charge is 0.404 e. The summed E-state index contributed by atoms with van der Waals surface area (Å²) in [7, 11) is -2.22. The lowest BCUT2D eigenvalue weighted by Gasteiger charge is -2.43. The van der Waals surface area contributed by atoms with Crippen LogP contribution in [0.4, 0.5) is 0 Å². The van der Waals surface area contributed by atoms with E-state index in [4.69, 9.17) is 4.43 Å². The predicted molar refractivity (Wildman–Crippen MR) is 136 cm³/mol. The SMILES string of the molecule is CC(C)(CO)[C@@H](O[Si](C)(C)C(C)(C)C)C(=O)NCCC(=O)NCCSCc1ccccc1. The Morgan fingerprint density at radius 1 is 1.06 bits per heavy atom. The van der Waals surface area contributed by atoms with E-state index in [0.717, 1.165) is 11.5 Å². The van der Waals surface area contributed by atoms with Gasteiger partial charge in [0.25, 0.3) is 0 Å². The van der Waals surface area contributed by atoms with Gasteiger partial charge in [0.1, 0.15) is 6.10 Å². The van der Waals surface area contributed by atoms with Crippen LogP contribution in [0.15, 0.2) is 30.3 Å². The zero-order chi connectivity index (χ0) is 24.4. The number of hydrogen-bond acceptors (Lipinski definition) is 5. The van der Waals surface area contributed by atoms with Gasteiger partial charge in [0.15, 0.2) is 8.32 Å². The van der Waals surface area contributed by atoms with Gasteiger partial charge in [-0.25, -0.2) is 0 Å². The van der Waals surface area contributed by atoms with E-state index in [0.29, 0.717) is 6.54 Å². The van der Waals surface area contributed by atoms with Crippen LogP contribution < -0.4 is 10.6 Å². The van der Waals surface area contributed by atoms with Crippen molar-refractivity contribution in [2.75, 3.05) is 25.4 Å². The Kier molecular flexibility index (Phi) is 11.4. The summed E-state index contributed by atoms with van der Waals surface area (Å²) in [5.41, 5.74) is 0.546. The van der Waals surface area contributed by atoms with Crippen LogP contribution in [-0.2, 0) is 19.8 Å². The first-order chi connectivity index (χ1) is 14.8. The molecule has 0 aliphatic heterocycles. The maximum atomic E-state index is 12.9. The van der Waals surface area contributed by atoms with Crippen LogP contribution in [0, 0.1) is 5.41 Å². The van der Waals surface area contributed by atoms with Crippen LogP contribution in [0.5, 0.6) is 0 Å². The van der Waals surface area contributed by atoms with E-state index in [2.05, 4.69) is 56.6 Å². The first kappa shape index (κ1) is 28.7. The molecule has 0 aliphatic rings. The van der Waals surface area contributed by atoms with Gasteiger partial charge in [-0.3, -0.25) is 9.59 Å². The van der Waals surface area contributed by atoms with Gasteiger partial charge in [-0.1, -0.05) is 65.0 Å². The van der Waals surface area contributed by atoms with Crippen LogP contribution in [0.1, 0.15) is 46.6 Å². The molecule has 0 spiro atoms. The predicted octanol–water partition coefficient (Wildman–Crippen LogP) is 3.95. The second-order valence-electron chi connectivity index (χ2n) is 10.3. The molecule has 0 fully saturated rings. The highest BCUT2D eigenvalue weighted by Crippen LogP contribution is 2.39. The van der Waals surface area contributed by atoms with Gasteiger partial charge in [0, 0.05) is 36.4 Å². The summed E-state index contributed by atoms with van der Waals surface area (Å²) in [5, 5.41) is 15.5. The van der Waals surface area contributed by atoms with Gasteiger partial charge in [-0.2, -0.15) is 11.8 Å². The molecule has 2 amide bonds. The van der Waals surface area contributed by atoms with Crippen molar-refractivity contribution < 1.29 is 19.1 Å². The Bertz CT molecular complexity index is 720. The molecule has 8 heteroatoms. The van der Waals surface area contributed by atoms with Crippen molar-refractivity contribution in [3.63, 3.8) is 0 Å². The Morgan fingerprint density at radius 2 is 1.69 bits per heavy atom. The number of benzene rings is 1. The minimum Gasteiger partial charge on any atom is -0.404 e. The highest BCUT2D eigenvalue weighted by molar-refractivity contribution is 7.98. The van der Waals surface area contributed by atoms with Crippen LogP contribution >= 0.6 is 11.8 Å².